The van der Waals surface area contributed by atoms with Crippen LogP contribution >= 0.6 is 0 Å². The number of hydrogen-bond donors (Lipinski definition) is 1. The van der Waals surface area contributed by atoms with E-state index in [-0.39, 0.29) is 0 Å². The van der Waals surface area contributed by atoms with Crippen LogP contribution < -0.4 is 5.73 Å². The van der Waals surface area contributed by atoms with Gasteiger partial charge in [0.25, 0.3) is 0 Å². The van der Waals surface area contributed by atoms with Crippen molar-refractivity contribution < 1.29 is 0 Å². The van der Waals surface area contributed by atoms with Crippen molar-refractivity contribution in [1.29, 1.82) is 0 Å². The predicted octanol–water partition coefficient (Wildman–Crippen LogP) is 1.53. The van der Waals surface area contributed by atoms with Crippen molar-refractivity contribution in [3.05, 3.63) is 0 Å². The maximum Gasteiger partial charge on any atom is 0.0195 e. The lowest BCUT2D eigenvalue weighted by atomic mass is 10.1. The Morgan fingerprint density at radius 2 is 1.81 bits per heavy atom. The van der Waals surface area contributed by atoms with Crippen LogP contribution in [0.25, 0.3) is 0 Å². The van der Waals surface area contributed by atoms with Gasteiger partial charge in [0.05, 0.1) is 0 Å². The molecule has 0 bridgehead atoms. The fourth-order valence-corrected chi connectivity index (χ4v) is 2.48. The first-order valence-electron chi connectivity index (χ1n) is 6.74. The van der Waals surface area contributed by atoms with E-state index in [9.17, 15) is 0 Å². The molecule has 1 fully saturated rings. The van der Waals surface area contributed by atoms with Crippen LogP contribution in [0.5, 0.6) is 0 Å². The van der Waals surface area contributed by atoms with Crippen molar-refractivity contribution >= 4 is 0 Å². The molecule has 0 aromatic rings. The van der Waals surface area contributed by atoms with E-state index in [1.54, 1.807) is 0 Å². The number of likely N-dealkylation sites (N-methyl/N-ethyl adjacent to an activating group) is 1. The third-order valence-electron chi connectivity index (χ3n) is 4.01. The molecule has 2 N–H and O–H groups in total. The molecule has 0 aromatic carbocycles. The Bertz CT molecular complexity index is 184. The van der Waals surface area contributed by atoms with Crippen LogP contribution in [0, 0.1) is 0 Å². The van der Waals surface area contributed by atoms with Crippen molar-refractivity contribution in [2.24, 2.45) is 5.73 Å². The second-order valence-electron chi connectivity index (χ2n) is 5.43. The van der Waals surface area contributed by atoms with Crippen LogP contribution in [0.4, 0.5) is 0 Å². The summed E-state index contributed by atoms with van der Waals surface area (Å²) in [6.45, 7) is 10.5. The fourth-order valence-electron chi connectivity index (χ4n) is 2.48. The summed E-state index contributed by atoms with van der Waals surface area (Å²) in [5.41, 5.74) is 5.94. The smallest absolute Gasteiger partial charge is 0.0195 e. The topological polar surface area (TPSA) is 32.5 Å². The highest BCUT2D eigenvalue weighted by atomic mass is 15.3. The van der Waals surface area contributed by atoms with Crippen LogP contribution in [0.15, 0.2) is 0 Å². The summed E-state index contributed by atoms with van der Waals surface area (Å²) in [6, 6.07) is 1.77. The largest absolute Gasteiger partial charge is 0.328 e. The van der Waals surface area contributed by atoms with Crippen LogP contribution in [0.2, 0.25) is 0 Å². The molecule has 1 rings (SSSR count). The third kappa shape index (κ3) is 4.04. The molecule has 96 valence electrons. The molecule has 1 aliphatic heterocycles. The van der Waals surface area contributed by atoms with Gasteiger partial charge in [0.2, 0.25) is 0 Å². The highest BCUT2D eigenvalue weighted by Crippen LogP contribution is 2.14. The summed E-state index contributed by atoms with van der Waals surface area (Å²) in [6.07, 6.45) is 3.53. The lowest BCUT2D eigenvalue weighted by molar-refractivity contribution is 0.0589. The first kappa shape index (κ1) is 13.9. The summed E-state index contributed by atoms with van der Waals surface area (Å²) in [5, 5.41) is 0. The SMILES string of the molecule is CCC(N)CCCN1CC(C)N(C)C(C)C1. The molecule has 3 heteroatoms. The summed E-state index contributed by atoms with van der Waals surface area (Å²) >= 11 is 0. The normalized spacial score (nSPS) is 30.6. The van der Waals surface area contributed by atoms with Crippen LogP contribution in [0.1, 0.15) is 40.0 Å². The molecule has 0 aliphatic carbocycles. The molecule has 3 unspecified atom stereocenters. The Labute approximate surface area is 101 Å². The Balaban J connectivity index is 2.23. The minimum absolute atomic E-state index is 0.405. The number of nitrogens with two attached hydrogens (primary N) is 1. The van der Waals surface area contributed by atoms with Gasteiger partial charge in [-0.2, -0.15) is 0 Å². The first-order valence-corrected chi connectivity index (χ1v) is 6.74. The van der Waals surface area contributed by atoms with Gasteiger partial charge in [-0.1, -0.05) is 6.92 Å². The molecule has 1 heterocycles. The molecule has 3 nitrogen and oxygen atoms in total. The predicted molar refractivity (Wildman–Crippen MR) is 70.6 cm³/mol. The summed E-state index contributed by atoms with van der Waals surface area (Å²) < 4.78 is 0. The molecule has 1 aliphatic rings. The van der Waals surface area contributed by atoms with Gasteiger partial charge in [0, 0.05) is 31.2 Å². The summed E-state index contributed by atoms with van der Waals surface area (Å²) in [5.74, 6) is 0. The number of rotatable bonds is 5. The minimum atomic E-state index is 0.405. The highest BCUT2D eigenvalue weighted by molar-refractivity contribution is 4.82. The van der Waals surface area contributed by atoms with E-state index in [2.05, 4.69) is 37.6 Å². The second-order valence-corrected chi connectivity index (χ2v) is 5.43. The van der Waals surface area contributed by atoms with Gasteiger partial charge in [0.1, 0.15) is 0 Å². The van der Waals surface area contributed by atoms with Gasteiger partial charge >= 0.3 is 0 Å². The molecular weight excluding hydrogens is 198 g/mol. The number of piperazine rings is 1. The molecule has 0 saturated carbocycles. The zero-order valence-corrected chi connectivity index (χ0v) is 11.4. The van der Waals surface area contributed by atoms with Crippen molar-refractivity contribution in [1.82, 2.24) is 9.80 Å². The monoisotopic (exact) mass is 227 g/mol. The van der Waals surface area contributed by atoms with E-state index in [0.717, 1.165) is 6.42 Å². The van der Waals surface area contributed by atoms with Gasteiger partial charge in [-0.25, -0.2) is 0 Å². The molecule has 0 spiro atoms. The van der Waals surface area contributed by atoms with Crippen molar-refractivity contribution in [3.8, 4) is 0 Å². The van der Waals surface area contributed by atoms with E-state index in [1.807, 2.05) is 0 Å². The standard InChI is InChI=1S/C13H29N3/c1-5-13(14)7-6-8-16-9-11(2)15(4)12(3)10-16/h11-13H,5-10,14H2,1-4H3. The third-order valence-corrected chi connectivity index (χ3v) is 4.01. The summed E-state index contributed by atoms with van der Waals surface area (Å²) in [7, 11) is 2.24. The molecule has 0 amide bonds. The Kier molecular flexibility index (Phi) is 5.73. The molecule has 1 saturated heterocycles. The van der Waals surface area contributed by atoms with Crippen LogP contribution in [-0.4, -0.2) is 54.6 Å². The van der Waals surface area contributed by atoms with Gasteiger partial charge in [-0.3, -0.25) is 4.90 Å². The maximum absolute atomic E-state index is 5.94. The lowest BCUT2D eigenvalue weighted by Gasteiger charge is -2.42. The number of nitrogens with zero attached hydrogens (tertiary/aromatic N) is 2. The van der Waals surface area contributed by atoms with E-state index >= 15 is 0 Å². The zero-order chi connectivity index (χ0) is 12.1. The van der Waals surface area contributed by atoms with E-state index < -0.39 is 0 Å². The average molecular weight is 227 g/mol. The van der Waals surface area contributed by atoms with E-state index in [4.69, 9.17) is 5.73 Å². The molecule has 0 aromatic heterocycles. The van der Waals surface area contributed by atoms with Crippen molar-refractivity contribution in [3.63, 3.8) is 0 Å². The Morgan fingerprint density at radius 3 is 2.31 bits per heavy atom. The molecular formula is C13H29N3. The highest BCUT2D eigenvalue weighted by Gasteiger charge is 2.25. The number of hydrogen-bond acceptors (Lipinski definition) is 3. The average Bonchev–Trinajstić information content (AvgIpc) is 2.25. The second kappa shape index (κ2) is 6.58. The van der Waals surface area contributed by atoms with Gasteiger partial charge in [-0.05, 0) is 46.7 Å². The Morgan fingerprint density at radius 1 is 1.25 bits per heavy atom. The first-order chi connectivity index (χ1) is 7.54. The zero-order valence-electron chi connectivity index (χ0n) is 11.4. The molecule has 16 heavy (non-hydrogen) atoms. The van der Waals surface area contributed by atoms with Crippen molar-refractivity contribution in [2.45, 2.75) is 58.2 Å². The van der Waals surface area contributed by atoms with Gasteiger partial charge < -0.3 is 10.6 Å². The van der Waals surface area contributed by atoms with Crippen LogP contribution in [0.3, 0.4) is 0 Å². The van der Waals surface area contributed by atoms with E-state index in [1.165, 1.54) is 32.5 Å². The fraction of sp³-hybridized carbons (Fsp3) is 1.00. The van der Waals surface area contributed by atoms with Crippen LogP contribution in [-0.2, 0) is 0 Å². The maximum atomic E-state index is 5.94. The van der Waals surface area contributed by atoms with Crippen molar-refractivity contribution in [2.75, 3.05) is 26.7 Å². The molecule has 0 radical (unpaired) electrons. The van der Waals surface area contributed by atoms with E-state index in [0.29, 0.717) is 18.1 Å². The quantitative estimate of drug-likeness (QED) is 0.773. The van der Waals surface area contributed by atoms with Gasteiger partial charge in [-0.15, -0.1) is 0 Å². The van der Waals surface area contributed by atoms with Gasteiger partial charge in [0.15, 0.2) is 0 Å². The lowest BCUT2D eigenvalue weighted by Crippen LogP contribution is -2.55. The minimum Gasteiger partial charge on any atom is -0.328 e. The summed E-state index contributed by atoms with van der Waals surface area (Å²) in [4.78, 5) is 5.08. The molecule has 3 atom stereocenters. The Hall–Kier alpha value is -0.120.